The van der Waals surface area contributed by atoms with Gasteiger partial charge in [0, 0.05) is 20.0 Å². The monoisotopic (exact) mass is 488 g/mol. The Bertz CT molecular complexity index is 426. The Hall–Kier alpha value is -0.260. The minimum absolute atomic E-state index is 0.0972. The summed E-state index contributed by atoms with van der Waals surface area (Å²) in [7, 11) is 6.70. The Kier molecular flexibility index (Phi) is 23.3. The highest BCUT2D eigenvalue weighted by molar-refractivity contribution is 7.99. The van der Waals surface area contributed by atoms with Crippen molar-refractivity contribution in [3.8, 4) is 0 Å². The van der Waals surface area contributed by atoms with Crippen LogP contribution in [-0.2, 0) is 14.3 Å². The Labute approximate surface area is 211 Å². The molecule has 0 amide bonds. The van der Waals surface area contributed by atoms with E-state index in [2.05, 4.69) is 28.1 Å². The van der Waals surface area contributed by atoms with Crippen LogP contribution in [0.25, 0.3) is 0 Å². The van der Waals surface area contributed by atoms with E-state index in [1.807, 2.05) is 11.8 Å². The number of hydrogen-bond donors (Lipinski definition) is 0. The average Bonchev–Trinajstić information content (AvgIpc) is 2.74. The van der Waals surface area contributed by atoms with Crippen molar-refractivity contribution in [1.29, 1.82) is 0 Å². The Morgan fingerprint density at radius 2 is 1.27 bits per heavy atom. The second-order valence-corrected chi connectivity index (χ2v) is 11.9. The predicted octanol–water partition coefficient (Wildman–Crippen LogP) is 7.64. The van der Waals surface area contributed by atoms with Crippen LogP contribution >= 0.6 is 11.8 Å². The highest BCUT2D eigenvalue weighted by atomic mass is 32.2. The zero-order chi connectivity index (χ0) is 24.6. The maximum atomic E-state index is 11.4. The number of hydrogen-bond acceptors (Lipinski definition) is 4. The van der Waals surface area contributed by atoms with Crippen LogP contribution in [0.1, 0.15) is 117 Å². The largest absolute Gasteiger partial charge is 0.460 e. The second-order valence-electron chi connectivity index (χ2n) is 10.7. The fraction of sp³-hybridized carbons (Fsp3) is 0.964. The normalized spacial score (nSPS) is 12.8. The van der Waals surface area contributed by atoms with Gasteiger partial charge in [-0.05, 0) is 24.3 Å². The van der Waals surface area contributed by atoms with Gasteiger partial charge in [0.05, 0.1) is 34.3 Å². The van der Waals surface area contributed by atoms with Crippen LogP contribution in [-0.4, -0.2) is 69.0 Å². The fourth-order valence-corrected chi connectivity index (χ4v) is 4.95. The van der Waals surface area contributed by atoms with E-state index in [-0.39, 0.29) is 12.1 Å². The second kappa shape index (κ2) is 23.5. The molecule has 198 valence electrons. The molecule has 0 aliphatic carbocycles. The van der Waals surface area contributed by atoms with E-state index in [1.54, 1.807) is 0 Å². The van der Waals surface area contributed by atoms with Gasteiger partial charge in [-0.2, -0.15) is 11.8 Å². The maximum absolute atomic E-state index is 11.4. The molecule has 0 rings (SSSR count). The first-order valence-corrected chi connectivity index (χ1v) is 15.1. The summed E-state index contributed by atoms with van der Waals surface area (Å²) >= 11 is 1.96. The van der Waals surface area contributed by atoms with E-state index in [9.17, 15) is 4.79 Å². The van der Waals surface area contributed by atoms with Crippen molar-refractivity contribution in [2.24, 2.45) is 0 Å². The molecule has 33 heavy (non-hydrogen) atoms. The van der Waals surface area contributed by atoms with E-state index in [0.717, 1.165) is 29.7 Å². The van der Waals surface area contributed by atoms with Crippen molar-refractivity contribution in [1.82, 2.24) is 0 Å². The number of carbonyl (C=O) groups is 1. The molecule has 0 saturated heterocycles. The zero-order valence-corrected chi connectivity index (χ0v) is 23.8. The number of carbonyl (C=O) groups excluding carboxylic acids is 1. The van der Waals surface area contributed by atoms with E-state index in [1.165, 1.54) is 109 Å². The number of quaternary nitrogens is 1. The molecule has 4 nitrogen and oxygen atoms in total. The summed E-state index contributed by atoms with van der Waals surface area (Å²) in [4.78, 5) is 11.4. The van der Waals surface area contributed by atoms with Gasteiger partial charge in [0.1, 0.15) is 6.10 Å². The summed E-state index contributed by atoms with van der Waals surface area (Å²) in [6, 6.07) is 0. The molecule has 0 aliphatic rings. The Morgan fingerprint density at radius 1 is 0.758 bits per heavy atom. The summed E-state index contributed by atoms with van der Waals surface area (Å²) in [5.41, 5.74) is 0. The number of esters is 1. The molecule has 0 heterocycles. The highest BCUT2D eigenvalue weighted by Crippen LogP contribution is 2.14. The predicted molar refractivity (Wildman–Crippen MR) is 146 cm³/mol. The molecule has 1 atom stereocenters. The molecule has 0 fully saturated rings. The quantitative estimate of drug-likeness (QED) is 0.0751. The third-order valence-corrected chi connectivity index (χ3v) is 7.08. The van der Waals surface area contributed by atoms with E-state index in [0.29, 0.717) is 6.61 Å². The summed E-state index contributed by atoms with van der Waals surface area (Å²) in [5.74, 6) is 2.00. The molecule has 0 saturated carbocycles. The fourth-order valence-electron chi connectivity index (χ4n) is 3.98. The minimum atomic E-state index is -0.199. The molecular weight excluding hydrogens is 430 g/mol. The van der Waals surface area contributed by atoms with Crippen LogP contribution in [0.15, 0.2) is 0 Å². The lowest BCUT2D eigenvalue weighted by Gasteiger charge is -2.23. The Balaban J connectivity index is 3.51. The van der Waals surface area contributed by atoms with Crippen molar-refractivity contribution in [2.75, 3.05) is 52.4 Å². The standard InChI is InChI=1S/C28H58NO3S/c1-6-7-8-9-10-11-12-13-14-15-16-17-18-19-23-31-26-28(32-27(2)30)21-25-33-24-20-22-29(3,4)5/h28H,6-26H2,1-5H3/q+1. The molecule has 0 N–H and O–H groups in total. The van der Waals surface area contributed by atoms with Crippen molar-refractivity contribution >= 4 is 17.7 Å². The van der Waals surface area contributed by atoms with Gasteiger partial charge in [-0.3, -0.25) is 4.79 Å². The summed E-state index contributed by atoms with van der Waals surface area (Å²) in [5, 5.41) is 0. The Morgan fingerprint density at radius 3 is 1.76 bits per heavy atom. The van der Waals surface area contributed by atoms with Gasteiger partial charge in [0.2, 0.25) is 0 Å². The number of nitrogens with zero attached hydrogens (tertiary/aromatic N) is 1. The molecule has 0 spiro atoms. The lowest BCUT2D eigenvalue weighted by molar-refractivity contribution is -0.870. The molecule has 0 aromatic heterocycles. The zero-order valence-electron chi connectivity index (χ0n) is 23.0. The molecular formula is C28H58NO3S+. The molecule has 0 aromatic rings. The lowest BCUT2D eigenvalue weighted by atomic mass is 10.0. The third-order valence-electron chi connectivity index (χ3n) is 5.98. The third kappa shape index (κ3) is 27.9. The summed E-state index contributed by atoms with van der Waals surface area (Å²) in [6.07, 6.45) is 21.2. The van der Waals surface area contributed by atoms with Crippen molar-refractivity contribution in [2.45, 2.75) is 123 Å². The first-order valence-electron chi connectivity index (χ1n) is 14.0. The first kappa shape index (κ1) is 32.7. The van der Waals surface area contributed by atoms with Gasteiger partial charge >= 0.3 is 5.97 Å². The lowest BCUT2D eigenvalue weighted by Crippen LogP contribution is -2.35. The minimum Gasteiger partial charge on any atom is -0.460 e. The van der Waals surface area contributed by atoms with Crippen LogP contribution < -0.4 is 0 Å². The molecule has 5 heteroatoms. The van der Waals surface area contributed by atoms with Gasteiger partial charge < -0.3 is 14.0 Å². The SMILES string of the molecule is CCCCCCCCCCCCCCCCOCC(CCSCCC[N+](C)(C)C)OC(C)=O. The van der Waals surface area contributed by atoms with Gasteiger partial charge in [0.15, 0.2) is 0 Å². The number of unbranched alkanes of at least 4 members (excludes halogenated alkanes) is 13. The van der Waals surface area contributed by atoms with E-state index >= 15 is 0 Å². The van der Waals surface area contributed by atoms with Gasteiger partial charge in [-0.25, -0.2) is 0 Å². The summed E-state index contributed by atoms with van der Waals surface area (Å²) < 4.78 is 12.3. The topological polar surface area (TPSA) is 35.5 Å². The molecule has 0 radical (unpaired) electrons. The van der Waals surface area contributed by atoms with Gasteiger partial charge in [-0.15, -0.1) is 0 Å². The average molecular weight is 489 g/mol. The molecule has 0 aliphatic heterocycles. The smallest absolute Gasteiger partial charge is 0.302 e. The molecule has 1 unspecified atom stereocenters. The van der Waals surface area contributed by atoms with Crippen molar-refractivity contribution in [3.63, 3.8) is 0 Å². The van der Waals surface area contributed by atoms with Crippen LogP contribution in [0.3, 0.4) is 0 Å². The van der Waals surface area contributed by atoms with Crippen LogP contribution in [0, 0.1) is 0 Å². The summed E-state index contributed by atoms with van der Waals surface area (Å²) in [6.45, 7) is 6.30. The maximum Gasteiger partial charge on any atom is 0.302 e. The van der Waals surface area contributed by atoms with Crippen molar-refractivity contribution < 1.29 is 18.8 Å². The van der Waals surface area contributed by atoms with Crippen LogP contribution in [0.4, 0.5) is 0 Å². The van der Waals surface area contributed by atoms with Crippen LogP contribution in [0.2, 0.25) is 0 Å². The van der Waals surface area contributed by atoms with Crippen LogP contribution in [0.5, 0.6) is 0 Å². The number of ether oxygens (including phenoxy) is 2. The van der Waals surface area contributed by atoms with Crippen molar-refractivity contribution in [3.05, 3.63) is 0 Å². The molecule has 0 aromatic carbocycles. The van der Waals surface area contributed by atoms with Gasteiger partial charge in [0.25, 0.3) is 0 Å². The number of thioether (sulfide) groups is 1. The molecule has 0 bridgehead atoms. The van der Waals surface area contributed by atoms with Gasteiger partial charge in [-0.1, -0.05) is 90.4 Å². The van der Waals surface area contributed by atoms with E-state index in [4.69, 9.17) is 9.47 Å². The van der Waals surface area contributed by atoms with E-state index < -0.39 is 0 Å². The highest BCUT2D eigenvalue weighted by Gasteiger charge is 2.13. The first-order chi connectivity index (χ1) is 15.8. The number of rotatable bonds is 25.